The van der Waals surface area contributed by atoms with Crippen LogP contribution in [0.4, 0.5) is 37.7 Å². The first-order valence-electron chi connectivity index (χ1n) is 23.3. The summed E-state index contributed by atoms with van der Waals surface area (Å²) in [5.74, 6) is -3.44. The maximum absolute atomic E-state index is 12.8. The number of aromatic carboxylic acids is 1. The molecule has 1 saturated carbocycles. The van der Waals surface area contributed by atoms with Gasteiger partial charge in [-0.05, 0) is 97.6 Å². The van der Waals surface area contributed by atoms with Gasteiger partial charge in [0.2, 0.25) is 5.91 Å². The third-order valence-electron chi connectivity index (χ3n) is 10.4. The number of carboxylic acid groups (broad SMARTS) is 2. The number of nitrogens with zero attached hydrogens (tertiary/aromatic N) is 3. The maximum Gasteiger partial charge on any atom is 0.416 e. The number of aryl methyl sites for hydroxylation is 2. The topological polar surface area (TPSA) is 306 Å². The van der Waals surface area contributed by atoms with Crippen LogP contribution in [0.5, 0.6) is 11.5 Å². The van der Waals surface area contributed by atoms with Crippen LogP contribution < -0.4 is 19.8 Å². The van der Waals surface area contributed by atoms with Gasteiger partial charge in [0.25, 0.3) is 5.69 Å². The van der Waals surface area contributed by atoms with E-state index in [1.165, 1.54) is 6.20 Å². The second kappa shape index (κ2) is 31.4. The van der Waals surface area contributed by atoms with Gasteiger partial charge in [-0.15, -0.1) is 11.6 Å². The molecule has 20 nitrogen and oxygen atoms in total. The van der Waals surface area contributed by atoms with E-state index in [0.717, 1.165) is 78.7 Å². The van der Waals surface area contributed by atoms with E-state index in [9.17, 15) is 73.5 Å². The summed E-state index contributed by atoms with van der Waals surface area (Å²) in [6.45, 7) is 6.08. The molecule has 1 heterocycles. The molecule has 2 unspecified atom stereocenters. The average molecular weight is 1250 g/mol. The number of nitrogens with one attached hydrogen (secondary N) is 1. The van der Waals surface area contributed by atoms with Crippen molar-refractivity contribution in [3.63, 3.8) is 0 Å². The quantitative estimate of drug-likeness (QED) is 0.0121. The number of sulfone groups is 1. The Morgan fingerprint density at radius 1 is 0.963 bits per heavy atom. The number of nitro groups is 1. The van der Waals surface area contributed by atoms with Gasteiger partial charge < -0.3 is 43.5 Å². The average Bonchev–Trinajstić information content (AvgIpc) is 4.08. The minimum Gasteiger partial charge on any atom is -0.778 e. The molecule has 1 aliphatic rings. The van der Waals surface area contributed by atoms with Crippen LogP contribution in [0.3, 0.4) is 0 Å². The number of alkyl halides is 7. The molecule has 0 aliphatic heterocycles. The molecule has 2 atom stereocenters. The standard InChI is InChI=1S/C15H22ClNO2.C15H12F3NO4S.C14H7ClF3NO5.C3H8NO5P.C3H9S/c1-5-13-8-6-7-11(2)15(13)17(14(18)9-16)12(3)10-19-4;1-24(21,22)12-6-9(15(16,17)18)4-5-10(12)13(20)11-7-19-23-14(11)8-2-3-8;15-10-5-7(14(16,17)18)1-4-12(10)24-8-2-3-11(19(22)23)9(6-8)13(20)21;5-3(6)1-4-2-10(7,8)9;1-4(2)3/h6-8,12H,5,9-10H2,1-4H3;4-8H,2-3H2,1H3;1-6H,(H,20,21);4H,1-2H2,(H,5,6)(H2,7,8,9);1-3H3/q;;;;+1/p-1. The number of aliphatic carboxylic acids is 1. The van der Waals surface area contributed by atoms with Crippen molar-refractivity contribution in [2.75, 3.05) is 62.4 Å². The van der Waals surface area contributed by atoms with Gasteiger partial charge in [0.1, 0.15) is 30.5 Å². The van der Waals surface area contributed by atoms with Crippen LogP contribution >= 0.6 is 30.8 Å². The number of carbonyl (C=O) groups excluding carboxylic acids is 2. The van der Waals surface area contributed by atoms with Gasteiger partial charge in [-0.2, -0.15) is 26.3 Å². The molecule has 446 valence electrons. The Balaban J connectivity index is 0.000000374. The summed E-state index contributed by atoms with van der Waals surface area (Å²) in [4.78, 5) is 74.6. The molecule has 0 saturated heterocycles. The first kappa shape index (κ1) is 71.0. The second-order valence-electron chi connectivity index (χ2n) is 17.7. The maximum atomic E-state index is 12.8. The molecular weight excluding hydrogens is 1190 g/mol. The molecule has 6 rings (SSSR count). The number of nitro benzene ring substituents is 1. The lowest BCUT2D eigenvalue weighted by Crippen LogP contribution is -2.43. The van der Waals surface area contributed by atoms with Crippen LogP contribution in [-0.2, 0) is 58.4 Å². The van der Waals surface area contributed by atoms with E-state index >= 15 is 0 Å². The van der Waals surface area contributed by atoms with Crippen molar-refractivity contribution < 1.29 is 97.4 Å². The fraction of sp³-hybridized carbons (Fsp3) is 0.380. The van der Waals surface area contributed by atoms with Gasteiger partial charge in [-0.3, -0.25) is 29.8 Å². The molecule has 0 spiro atoms. The lowest BCUT2D eigenvalue weighted by atomic mass is 10.0. The van der Waals surface area contributed by atoms with Gasteiger partial charge in [0.05, 0.1) is 87.7 Å². The molecule has 31 heteroatoms. The predicted molar refractivity (Wildman–Crippen MR) is 289 cm³/mol. The largest absolute Gasteiger partial charge is 0.778 e. The zero-order valence-electron chi connectivity index (χ0n) is 44.4. The highest BCUT2D eigenvalue weighted by Crippen LogP contribution is 2.43. The number of hydrogen-bond acceptors (Lipinski definition) is 15. The SMILES string of the molecule is CCc1cccc(C)c1N(C(=O)CCl)C(C)COC.CS(=O)(=O)c1cc(C(F)(F)F)ccc1C(=O)c1cnoc1C1CC1.C[S+](C)C.O=C(O)CNCP(=O)([O-])O.O=C(O)c1cc(Oc2ccc(C(F)(F)F)cc2Cl)ccc1[N+](=O)[O-]. The van der Waals surface area contributed by atoms with E-state index in [4.69, 9.17) is 52.3 Å². The Morgan fingerprint density at radius 3 is 2.01 bits per heavy atom. The minimum absolute atomic E-state index is 0.0223. The molecule has 4 aromatic carbocycles. The molecule has 81 heavy (non-hydrogen) atoms. The molecule has 1 amide bonds. The van der Waals surface area contributed by atoms with E-state index in [1.54, 1.807) is 12.0 Å². The van der Waals surface area contributed by atoms with Gasteiger partial charge in [0, 0.05) is 37.0 Å². The van der Waals surface area contributed by atoms with Crippen molar-refractivity contribution in [3.8, 4) is 11.5 Å². The molecular formula is C50H57Cl2F6N4O16PS2. The predicted octanol–water partition coefficient (Wildman–Crippen LogP) is 9.78. The number of anilines is 1. The van der Waals surface area contributed by atoms with Crippen LogP contribution in [0, 0.1) is 17.0 Å². The van der Waals surface area contributed by atoms with Crippen LogP contribution in [0.25, 0.3) is 0 Å². The van der Waals surface area contributed by atoms with Gasteiger partial charge >= 0.3 is 24.3 Å². The fourth-order valence-electron chi connectivity index (χ4n) is 6.82. The first-order chi connectivity index (χ1) is 37.4. The van der Waals surface area contributed by atoms with E-state index in [1.807, 2.05) is 31.3 Å². The Bertz CT molecular complexity index is 3160. The number of methoxy groups -OCH3 is 1. The zero-order valence-corrected chi connectivity index (χ0v) is 48.4. The molecule has 1 fully saturated rings. The Morgan fingerprint density at radius 2 is 1.54 bits per heavy atom. The highest BCUT2D eigenvalue weighted by atomic mass is 35.5. The Kier molecular flexibility index (Phi) is 27.5. The van der Waals surface area contributed by atoms with Crippen LogP contribution in [-0.4, -0.2) is 121 Å². The van der Waals surface area contributed by atoms with Crippen molar-refractivity contribution in [2.24, 2.45) is 0 Å². The number of rotatable bonds is 18. The monoisotopic (exact) mass is 1250 g/mol. The zero-order chi connectivity index (χ0) is 62.0. The number of ketones is 1. The first-order valence-corrected chi connectivity index (χ1v) is 30.3. The second-order valence-corrected chi connectivity index (χ2v) is 24.4. The lowest BCUT2D eigenvalue weighted by molar-refractivity contribution is -0.385. The number of amides is 1. The lowest BCUT2D eigenvalue weighted by Gasteiger charge is -2.31. The Labute approximate surface area is 474 Å². The Hall–Kier alpha value is -6.10. The number of ether oxygens (including phenoxy) is 2. The normalized spacial score (nSPS) is 13.2. The molecule has 1 aliphatic carbocycles. The van der Waals surface area contributed by atoms with Gasteiger partial charge in [-0.1, -0.05) is 41.9 Å². The summed E-state index contributed by atoms with van der Waals surface area (Å²) in [5, 5.41) is 32.9. The van der Waals surface area contributed by atoms with E-state index in [-0.39, 0.29) is 51.4 Å². The van der Waals surface area contributed by atoms with E-state index < -0.39 is 92.5 Å². The summed E-state index contributed by atoms with van der Waals surface area (Å²) in [6.07, 6.45) is 1.03. The number of aromatic nitrogens is 1. The highest BCUT2D eigenvalue weighted by molar-refractivity contribution is 7.94. The summed E-state index contributed by atoms with van der Waals surface area (Å²) < 4.78 is 125. The van der Waals surface area contributed by atoms with Crippen LogP contribution in [0.15, 0.2) is 88.4 Å². The number of para-hydroxylation sites is 1. The van der Waals surface area contributed by atoms with Crippen molar-refractivity contribution in [1.82, 2.24) is 10.5 Å². The van der Waals surface area contributed by atoms with E-state index in [2.05, 4.69) is 36.9 Å². The van der Waals surface area contributed by atoms with Gasteiger partial charge in [-0.25, -0.2) is 13.2 Å². The van der Waals surface area contributed by atoms with Gasteiger partial charge in [0.15, 0.2) is 21.4 Å². The van der Waals surface area contributed by atoms with Crippen molar-refractivity contribution in [3.05, 3.63) is 139 Å². The molecule has 0 radical (unpaired) electrons. The highest BCUT2D eigenvalue weighted by Gasteiger charge is 2.37. The summed E-state index contributed by atoms with van der Waals surface area (Å²) in [5.41, 5.74) is -0.406. The van der Waals surface area contributed by atoms with Crippen molar-refractivity contribution in [2.45, 2.75) is 69.2 Å². The van der Waals surface area contributed by atoms with Crippen molar-refractivity contribution >= 4 is 86.5 Å². The van der Waals surface area contributed by atoms with Crippen LogP contribution in [0.1, 0.15) is 86.9 Å². The molecule has 4 N–H and O–H groups in total. The number of benzene rings is 4. The third kappa shape index (κ3) is 23.4. The molecule has 5 aromatic rings. The molecule has 1 aromatic heterocycles. The number of carboxylic acids is 2. The summed E-state index contributed by atoms with van der Waals surface area (Å²) in [7, 11) is -6.11. The van der Waals surface area contributed by atoms with E-state index in [0.29, 0.717) is 41.5 Å². The third-order valence-corrected chi connectivity index (χ3v) is 12.7. The fourth-order valence-corrected chi connectivity index (χ4v) is 8.46. The molecule has 0 bridgehead atoms. The van der Waals surface area contributed by atoms with Crippen LogP contribution in [0.2, 0.25) is 5.02 Å². The minimum atomic E-state index is -4.71. The summed E-state index contributed by atoms with van der Waals surface area (Å²) in [6, 6.07) is 13.4. The number of halogens is 8. The number of hydrogen-bond donors (Lipinski definition) is 4. The summed E-state index contributed by atoms with van der Waals surface area (Å²) >= 11 is 11.5. The van der Waals surface area contributed by atoms with Crippen molar-refractivity contribution in [1.29, 1.82) is 0 Å². The smallest absolute Gasteiger partial charge is 0.416 e. The number of carbonyl (C=O) groups is 4.